The first-order valence-electron chi connectivity index (χ1n) is 7.84. The van der Waals surface area contributed by atoms with Crippen molar-refractivity contribution in [1.82, 2.24) is 10.4 Å². The summed E-state index contributed by atoms with van der Waals surface area (Å²) in [5.41, 5.74) is -1.02. The zero-order valence-corrected chi connectivity index (χ0v) is 12.5. The summed E-state index contributed by atoms with van der Waals surface area (Å²) in [4.78, 5) is 11.9. The van der Waals surface area contributed by atoms with Gasteiger partial charge in [0.2, 0.25) is 0 Å². The molecule has 0 spiro atoms. The Morgan fingerprint density at radius 2 is 1.90 bits per heavy atom. The van der Waals surface area contributed by atoms with Gasteiger partial charge in [-0.25, -0.2) is 4.79 Å². The third-order valence-corrected chi connectivity index (χ3v) is 4.04. The van der Waals surface area contributed by atoms with Gasteiger partial charge in [0, 0.05) is 6.54 Å². The first-order chi connectivity index (χ1) is 9.66. The minimum atomic E-state index is -1.02. The van der Waals surface area contributed by atoms with E-state index in [0.717, 1.165) is 32.1 Å². The number of hydrogen-bond acceptors (Lipinski definition) is 3. The van der Waals surface area contributed by atoms with Crippen molar-refractivity contribution in [1.29, 1.82) is 5.26 Å². The van der Waals surface area contributed by atoms with Gasteiger partial charge in [0.25, 0.3) is 0 Å². The van der Waals surface area contributed by atoms with E-state index in [2.05, 4.69) is 18.3 Å². The van der Waals surface area contributed by atoms with Crippen LogP contribution in [0.5, 0.6) is 0 Å². The van der Waals surface area contributed by atoms with Crippen molar-refractivity contribution in [3.05, 3.63) is 0 Å². The van der Waals surface area contributed by atoms with E-state index in [0.29, 0.717) is 24.4 Å². The van der Waals surface area contributed by atoms with Gasteiger partial charge in [0.05, 0.1) is 6.07 Å². The molecule has 0 aromatic carbocycles. The van der Waals surface area contributed by atoms with Crippen LogP contribution < -0.4 is 5.32 Å². The summed E-state index contributed by atoms with van der Waals surface area (Å²) in [6, 6.07) is 1.59. The molecule has 0 unspecified atom stereocenters. The molecule has 20 heavy (non-hydrogen) atoms. The smallest absolute Gasteiger partial charge is 0.336 e. The van der Waals surface area contributed by atoms with Crippen molar-refractivity contribution in [2.45, 2.75) is 76.7 Å². The van der Waals surface area contributed by atoms with E-state index < -0.39 is 11.6 Å². The summed E-state index contributed by atoms with van der Waals surface area (Å²) in [5.74, 6) is 0. The molecule has 114 valence electrons. The number of nitrogens with zero attached hydrogens (tertiary/aromatic N) is 2. The minimum absolute atomic E-state index is 0.538. The van der Waals surface area contributed by atoms with Gasteiger partial charge in [0.15, 0.2) is 5.54 Å². The van der Waals surface area contributed by atoms with Crippen LogP contribution in [0.25, 0.3) is 0 Å². The standard InChI is InChI=1S/C15H27N3O2/c1-2-3-4-5-9-12-17-14(19)18(20)15(13-16)10-7-6-8-11-15/h20H,2-12H2,1H3,(H,17,19). The fraction of sp³-hybridized carbons (Fsp3) is 0.867. The molecular formula is C15H27N3O2. The highest BCUT2D eigenvalue weighted by Gasteiger charge is 2.40. The van der Waals surface area contributed by atoms with E-state index in [1.54, 1.807) is 0 Å². The highest BCUT2D eigenvalue weighted by Crippen LogP contribution is 2.32. The van der Waals surface area contributed by atoms with Crippen molar-refractivity contribution in [2.24, 2.45) is 0 Å². The average molecular weight is 281 g/mol. The number of carbonyl (C=O) groups is 1. The maximum Gasteiger partial charge on any atom is 0.342 e. The molecular weight excluding hydrogens is 254 g/mol. The number of amides is 2. The predicted molar refractivity (Wildman–Crippen MR) is 77.2 cm³/mol. The van der Waals surface area contributed by atoms with Gasteiger partial charge in [-0.05, 0) is 32.1 Å². The molecule has 1 rings (SSSR count). The molecule has 1 fully saturated rings. The van der Waals surface area contributed by atoms with Crippen molar-refractivity contribution in [2.75, 3.05) is 6.54 Å². The lowest BCUT2D eigenvalue weighted by molar-refractivity contribution is -0.116. The van der Waals surface area contributed by atoms with Gasteiger partial charge in [-0.2, -0.15) is 10.3 Å². The maximum absolute atomic E-state index is 11.9. The van der Waals surface area contributed by atoms with Gasteiger partial charge in [-0.3, -0.25) is 5.21 Å². The Morgan fingerprint density at radius 1 is 1.25 bits per heavy atom. The summed E-state index contributed by atoms with van der Waals surface area (Å²) in [6.45, 7) is 2.72. The highest BCUT2D eigenvalue weighted by molar-refractivity contribution is 5.74. The normalized spacial score (nSPS) is 17.2. The average Bonchev–Trinajstić information content (AvgIpc) is 2.50. The molecule has 0 heterocycles. The van der Waals surface area contributed by atoms with Crippen LogP contribution in [0.3, 0.4) is 0 Å². The second kappa shape index (κ2) is 8.80. The Hall–Kier alpha value is -1.28. The van der Waals surface area contributed by atoms with Crippen LogP contribution >= 0.6 is 0 Å². The molecule has 2 amide bonds. The number of nitriles is 1. The molecule has 0 aliphatic heterocycles. The first kappa shape index (κ1) is 16.8. The quantitative estimate of drug-likeness (QED) is 0.425. The number of carbonyl (C=O) groups excluding carboxylic acids is 1. The number of urea groups is 1. The topological polar surface area (TPSA) is 76.4 Å². The molecule has 0 bridgehead atoms. The number of hydrogen-bond donors (Lipinski definition) is 2. The Labute approximate surface area is 121 Å². The van der Waals surface area contributed by atoms with E-state index in [1.165, 1.54) is 19.3 Å². The minimum Gasteiger partial charge on any atom is -0.336 e. The molecule has 0 aromatic rings. The lowest BCUT2D eigenvalue weighted by atomic mass is 9.82. The fourth-order valence-corrected chi connectivity index (χ4v) is 2.70. The van der Waals surface area contributed by atoms with Crippen LogP contribution in [0, 0.1) is 11.3 Å². The lowest BCUT2D eigenvalue weighted by Crippen LogP contribution is -2.53. The van der Waals surface area contributed by atoms with Crippen molar-refractivity contribution in [3.8, 4) is 6.07 Å². The number of nitrogens with one attached hydrogen (secondary N) is 1. The molecule has 0 radical (unpaired) electrons. The molecule has 0 saturated heterocycles. The van der Waals surface area contributed by atoms with Crippen LogP contribution in [-0.4, -0.2) is 28.4 Å². The van der Waals surface area contributed by atoms with Crippen LogP contribution in [0.2, 0.25) is 0 Å². The van der Waals surface area contributed by atoms with Gasteiger partial charge in [0.1, 0.15) is 0 Å². The number of rotatable bonds is 7. The summed E-state index contributed by atoms with van der Waals surface area (Å²) < 4.78 is 0. The molecule has 1 aliphatic rings. The number of hydroxylamine groups is 2. The van der Waals surface area contributed by atoms with Crippen LogP contribution in [-0.2, 0) is 0 Å². The van der Waals surface area contributed by atoms with Gasteiger partial charge in [-0.15, -0.1) is 0 Å². The molecule has 0 atom stereocenters. The van der Waals surface area contributed by atoms with Crippen LogP contribution in [0.15, 0.2) is 0 Å². The van der Waals surface area contributed by atoms with Gasteiger partial charge in [-0.1, -0.05) is 39.0 Å². The maximum atomic E-state index is 11.9. The van der Waals surface area contributed by atoms with E-state index in [4.69, 9.17) is 0 Å². The first-order valence-corrected chi connectivity index (χ1v) is 7.84. The number of unbranched alkanes of at least 4 members (excludes halogenated alkanes) is 4. The van der Waals surface area contributed by atoms with Crippen LogP contribution in [0.4, 0.5) is 4.79 Å². The highest BCUT2D eigenvalue weighted by atomic mass is 16.5. The van der Waals surface area contributed by atoms with Crippen molar-refractivity contribution in [3.63, 3.8) is 0 Å². The Balaban J connectivity index is 2.32. The largest absolute Gasteiger partial charge is 0.342 e. The second-order valence-electron chi connectivity index (χ2n) is 5.66. The molecule has 2 N–H and O–H groups in total. The third-order valence-electron chi connectivity index (χ3n) is 4.04. The summed E-state index contributed by atoms with van der Waals surface area (Å²) in [7, 11) is 0. The van der Waals surface area contributed by atoms with Crippen LogP contribution in [0.1, 0.15) is 71.1 Å². The molecule has 5 nitrogen and oxygen atoms in total. The summed E-state index contributed by atoms with van der Waals surface area (Å²) in [5, 5.41) is 22.7. The summed E-state index contributed by atoms with van der Waals surface area (Å²) >= 11 is 0. The van der Waals surface area contributed by atoms with Gasteiger partial charge >= 0.3 is 6.03 Å². The Morgan fingerprint density at radius 3 is 2.50 bits per heavy atom. The Kier molecular flexibility index (Phi) is 7.38. The van der Waals surface area contributed by atoms with E-state index in [1.807, 2.05) is 0 Å². The van der Waals surface area contributed by atoms with Gasteiger partial charge < -0.3 is 5.32 Å². The molecule has 1 aliphatic carbocycles. The molecule has 0 aromatic heterocycles. The van der Waals surface area contributed by atoms with Crippen molar-refractivity contribution >= 4 is 6.03 Å². The molecule has 5 heteroatoms. The SMILES string of the molecule is CCCCCCCNC(=O)N(O)C1(C#N)CCCCC1. The Bertz CT molecular complexity index is 333. The zero-order chi connectivity index (χ0) is 14.8. The fourth-order valence-electron chi connectivity index (χ4n) is 2.70. The third kappa shape index (κ3) is 4.68. The van der Waals surface area contributed by atoms with E-state index >= 15 is 0 Å². The van der Waals surface area contributed by atoms with E-state index in [9.17, 15) is 15.3 Å². The zero-order valence-electron chi connectivity index (χ0n) is 12.5. The van der Waals surface area contributed by atoms with Crippen molar-refractivity contribution < 1.29 is 10.0 Å². The van der Waals surface area contributed by atoms with E-state index in [-0.39, 0.29) is 0 Å². The molecule has 1 saturated carbocycles. The lowest BCUT2D eigenvalue weighted by Gasteiger charge is -2.36. The predicted octanol–water partition coefficient (Wildman–Crippen LogP) is 3.58. The second-order valence-corrected chi connectivity index (χ2v) is 5.66. The monoisotopic (exact) mass is 281 g/mol. The summed E-state index contributed by atoms with van der Waals surface area (Å²) in [6.07, 6.45) is 9.55.